The first kappa shape index (κ1) is 11.7. The van der Waals surface area contributed by atoms with Crippen LogP contribution in [0.25, 0.3) is 0 Å². The molecule has 0 saturated carbocycles. The molecule has 0 aromatic carbocycles. The minimum absolute atomic E-state index is 0.0128. The Hall–Kier alpha value is -1.42. The second-order valence-corrected chi connectivity index (χ2v) is 6.04. The maximum Gasteiger partial charge on any atom is 0.252 e. The number of hydrogen-bond acceptors (Lipinski definition) is 5. The normalized spacial score (nSPS) is 11.6. The Balaban J connectivity index is 2.63. The first-order chi connectivity index (χ1) is 6.95. The molecule has 0 bridgehead atoms. The summed E-state index contributed by atoms with van der Waals surface area (Å²) < 4.78 is 24.3. The van der Waals surface area contributed by atoms with Crippen LogP contribution in [0.1, 0.15) is 19.7 Å². The fourth-order valence-corrected chi connectivity index (χ4v) is 1.82. The summed E-state index contributed by atoms with van der Waals surface area (Å²) in [5.74, 6) is 0.0655. The lowest BCUT2D eigenvalue weighted by Crippen LogP contribution is -2.21. The minimum Gasteiger partial charge on any atom is -0.251 e. The first-order valence-electron chi connectivity index (χ1n) is 4.47. The molecule has 1 aromatic rings. The Labute approximate surface area is 88.5 Å². The molecular formula is C8H12N4O2S. The third-order valence-corrected chi connectivity index (χ3v) is 4.15. The van der Waals surface area contributed by atoms with E-state index in [2.05, 4.69) is 10.1 Å². The summed E-state index contributed by atoms with van der Waals surface area (Å²) in [6.07, 6.45) is 1.36. The lowest BCUT2D eigenvalue weighted by Gasteiger charge is -2.06. The highest BCUT2D eigenvalue weighted by atomic mass is 32.2. The Kier molecular flexibility index (Phi) is 3.42. The first-order valence-corrected chi connectivity index (χ1v) is 6.18. The maximum absolute atomic E-state index is 11.5. The van der Waals surface area contributed by atoms with Crippen molar-refractivity contribution in [3.05, 3.63) is 12.2 Å². The van der Waals surface area contributed by atoms with Crippen LogP contribution in [-0.2, 0) is 16.4 Å². The van der Waals surface area contributed by atoms with Crippen LogP contribution in [0, 0.1) is 11.3 Å². The van der Waals surface area contributed by atoms with E-state index < -0.39 is 15.1 Å². The quantitative estimate of drug-likeness (QED) is 0.722. The smallest absolute Gasteiger partial charge is 0.251 e. The molecule has 15 heavy (non-hydrogen) atoms. The van der Waals surface area contributed by atoms with Gasteiger partial charge in [0.1, 0.15) is 12.4 Å². The highest BCUT2D eigenvalue weighted by Gasteiger charge is 2.16. The van der Waals surface area contributed by atoms with E-state index in [1.54, 1.807) is 19.9 Å². The van der Waals surface area contributed by atoms with Gasteiger partial charge in [0.25, 0.3) is 5.82 Å². The Morgan fingerprint density at radius 3 is 2.73 bits per heavy atom. The van der Waals surface area contributed by atoms with E-state index in [1.165, 1.54) is 11.0 Å². The molecule has 6 nitrogen and oxygen atoms in total. The molecular weight excluding hydrogens is 216 g/mol. The van der Waals surface area contributed by atoms with Crippen molar-refractivity contribution in [1.82, 2.24) is 14.8 Å². The van der Waals surface area contributed by atoms with Crippen molar-refractivity contribution < 1.29 is 8.42 Å². The zero-order valence-electron chi connectivity index (χ0n) is 8.58. The molecule has 1 rings (SSSR count). The summed E-state index contributed by atoms with van der Waals surface area (Å²) in [7, 11) is -3.07. The number of aryl methyl sites for hydroxylation is 1. The average Bonchev–Trinajstić information content (AvgIpc) is 2.62. The highest BCUT2D eigenvalue weighted by Crippen LogP contribution is 2.01. The van der Waals surface area contributed by atoms with E-state index in [9.17, 15) is 8.42 Å². The fraction of sp³-hybridized carbons (Fsp3) is 0.625. The van der Waals surface area contributed by atoms with E-state index >= 15 is 0 Å². The number of hydrogen-bond donors (Lipinski definition) is 0. The fourth-order valence-electron chi connectivity index (χ4n) is 0.910. The molecule has 0 saturated heterocycles. The molecule has 0 spiro atoms. The van der Waals surface area contributed by atoms with Crippen LogP contribution in [0.15, 0.2) is 6.33 Å². The predicted molar refractivity (Wildman–Crippen MR) is 53.7 cm³/mol. The molecule has 0 fully saturated rings. The van der Waals surface area contributed by atoms with Crippen molar-refractivity contribution in [2.24, 2.45) is 0 Å². The van der Waals surface area contributed by atoms with Crippen LogP contribution in [-0.4, -0.2) is 34.2 Å². The summed E-state index contributed by atoms with van der Waals surface area (Å²) in [6.45, 7) is 3.50. The zero-order chi connectivity index (χ0) is 11.5. The molecule has 0 unspecified atom stereocenters. The maximum atomic E-state index is 11.5. The molecule has 82 valence electrons. The lowest BCUT2D eigenvalue weighted by atomic mass is 10.6. The average molecular weight is 228 g/mol. The standard InChI is InChI=1S/C8H12N4O2S/c1-7(2)15(13,14)4-3-12-6-10-8(5-9)11-12/h6-7H,3-4H2,1-2H3. The van der Waals surface area contributed by atoms with Gasteiger partial charge in [-0.15, -0.1) is 5.10 Å². The molecule has 0 radical (unpaired) electrons. The monoisotopic (exact) mass is 228 g/mol. The van der Waals surface area contributed by atoms with Crippen LogP contribution < -0.4 is 0 Å². The molecule has 1 heterocycles. The summed E-state index contributed by atoms with van der Waals surface area (Å²) in [5.41, 5.74) is 0. The van der Waals surface area contributed by atoms with Crippen LogP contribution in [0.4, 0.5) is 0 Å². The van der Waals surface area contributed by atoms with Crippen molar-refractivity contribution in [2.45, 2.75) is 25.6 Å². The molecule has 0 aliphatic carbocycles. The van der Waals surface area contributed by atoms with Gasteiger partial charge in [-0.3, -0.25) is 4.68 Å². The van der Waals surface area contributed by atoms with Gasteiger partial charge in [-0.2, -0.15) is 5.26 Å². The second kappa shape index (κ2) is 4.40. The predicted octanol–water partition coefficient (Wildman–Crippen LogP) is -0.0270. The number of aromatic nitrogens is 3. The van der Waals surface area contributed by atoms with Crippen molar-refractivity contribution in [3.63, 3.8) is 0 Å². The summed E-state index contributed by atoms with van der Waals surface area (Å²) in [5, 5.41) is 11.8. The number of nitrogens with zero attached hydrogens (tertiary/aromatic N) is 4. The van der Waals surface area contributed by atoms with Gasteiger partial charge in [0.2, 0.25) is 0 Å². The van der Waals surface area contributed by atoms with E-state index in [0.717, 1.165) is 0 Å². The van der Waals surface area contributed by atoms with E-state index in [1.807, 2.05) is 0 Å². The van der Waals surface area contributed by atoms with Crippen LogP contribution in [0.3, 0.4) is 0 Å². The van der Waals surface area contributed by atoms with Gasteiger partial charge in [-0.1, -0.05) is 0 Å². The van der Waals surface area contributed by atoms with Gasteiger partial charge in [0, 0.05) is 0 Å². The van der Waals surface area contributed by atoms with Crippen LogP contribution in [0.5, 0.6) is 0 Å². The lowest BCUT2D eigenvalue weighted by molar-refractivity contribution is 0.572. The summed E-state index contributed by atoms with van der Waals surface area (Å²) in [6, 6.07) is 1.77. The van der Waals surface area contributed by atoms with Crippen molar-refractivity contribution in [2.75, 3.05) is 5.75 Å². The van der Waals surface area contributed by atoms with Gasteiger partial charge in [-0.25, -0.2) is 13.4 Å². The molecule has 0 atom stereocenters. The van der Waals surface area contributed by atoms with Gasteiger partial charge < -0.3 is 0 Å². The Bertz CT molecular complexity index is 469. The van der Waals surface area contributed by atoms with E-state index in [4.69, 9.17) is 5.26 Å². The number of sulfone groups is 1. The molecule has 1 aromatic heterocycles. The Morgan fingerprint density at radius 1 is 1.60 bits per heavy atom. The van der Waals surface area contributed by atoms with Gasteiger partial charge >= 0.3 is 0 Å². The third-order valence-electron chi connectivity index (χ3n) is 1.96. The van der Waals surface area contributed by atoms with Crippen molar-refractivity contribution in [3.8, 4) is 6.07 Å². The van der Waals surface area contributed by atoms with Crippen LogP contribution in [0.2, 0.25) is 0 Å². The molecule has 0 aliphatic rings. The topological polar surface area (TPSA) is 88.6 Å². The van der Waals surface area contributed by atoms with Crippen molar-refractivity contribution in [1.29, 1.82) is 5.26 Å². The van der Waals surface area contributed by atoms with Crippen LogP contribution >= 0.6 is 0 Å². The third kappa shape index (κ3) is 3.02. The summed E-state index contributed by atoms with van der Waals surface area (Å²) >= 11 is 0. The molecule has 0 N–H and O–H groups in total. The Morgan fingerprint density at radius 2 is 2.27 bits per heavy atom. The van der Waals surface area contributed by atoms with E-state index in [0.29, 0.717) is 0 Å². The number of nitriles is 1. The largest absolute Gasteiger partial charge is 0.252 e. The molecule has 0 aliphatic heterocycles. The van der Waals surface area contributed by atoms with Crippen molar-refractivity contribution >= 4 is 9.84 Å². The van der Waals surface area contributed by atoms with Gasteiger partial charge in [0.15, 0.2) is 9.84 Å². The summed E-state index contributed by atoms with van der Waals surface area (Å²) in [4.78, 5) is 3.68. The molecule has 0 amide bonds. The highest BCUT2D eigenvalue weighted by molar-refractivity contribution is 7.91. The molecule has 7 heteroatoms. The van der Waals surface area contributed by atoms with Gasteiger partial charge in [-0.05, 0) is 13.8 Å². The minimum atomic E-state index is -3.07. The second-order valence-electron chi connectivity index (χ2n) is 3.36. The number of rotatable bonds is 4. The van der Waals surface area contributed by atoms with Gasteiger partial charge in [0.05, 0.1) is 17.5 Å². The SMILES string of the molecule is CC(C)S(=O)(=O)CCn1cnc(C#N)n1. The van der Waals surface area contributed by atoms with E-state index in [-0.39, 0.29) is 18.1 Å². The zero-order valence-corrected chi connectivity index (χ0v) is 9.40.